The molecule has 1 aliphatic rings. The smallest absolute Gasteiger partial charge is 0.332 e. The summed E-state index contributed by atoms with van der Waals surface area (Å²) in [5, 5.41) is 0. The van der Waals surface area contributed by atoms with Gasteiger partial charge in [-0.05, 0) is 32.6 Å². The van der Waals surface area contributed by atoms with Crippen LogP contribution in [0.25, 0.3) is 0 Å². The number of carbonyl (C=O) groups is 1. The minimum atomic E-state index is -0.219. The fourth-order valence-electron chi connectivity index (χ4n) is 2.53. The normalized spacial score (nSPS) is 19.8. The zero-order chi connectivity index (χ0) is 14.3. The second-order valence-corrected chi connectivity index (χ2v) is 5.19. The minimum Gasteiger partial charge on any atom is -0.463 e. The van der Waals surface area contributed by atoms with Crippen molar-refractivity contribution in [2.75, 3.05) is 19.7 Å². The number of rotatable bonds is 6. The maximum absolute atomic E-state index is 11.8. The van der Waals surface area contributed by atoms with Crippen molar-refractivity contribution in [2.24, 2.45) is 11.8 Å². The van der Waals surface area contributed by atoms with E-state index < -0.39 is 0 Å². The van der Waals surface area contributed by atoms with Gasteiger partial charge in [0.15, 0.2) is 0 Å². The molecule has 19 heavy (non-hydrogen) atoms. The topological polar surface area (TPSA) is 29.5 Å². The first-order valence-electron chi connectivity index (χ1n) is 7.36. The second kappa shape index (κ2) is 8.03. The average molecular weight is 265 g/mol. The van der Waals surface area contributed by atoms with Crippen molar-refractivity contribution in [3.63, 3.8) is 0 Å². The third-order valence-corrected chi connectivity index (χ3v) is 3.77. The van der Waals surface area contributed by atoms with Gasteiger partial charge in [-0.25, -0.2) is 4.79 Å². The predicted molar refractivity (Wildman–Crippen MR) is 78.7 cm³/mol. The van der Waals surface area contributed by atoms with Gasteiger partial charge in [0.1, 0.15) is 0 Å². The molecule has 0 aromatic carbocycles. The number of hydrogen-bond acceptors (Lipinski definition) is 3. The summed E-state index contributed by atoms with van der Waals surface area (Å²) in [7, 11) is 0. The molecular weight excluding hydrogens is 238 g/mol. The first-order valence-corrected chi connectivity index (χ1v) is 7.36. The third kappa shape index (κ3) is 4.73. The molecule has 1 rings (SSSR count). The first-order chi connectivity index (χ1) is 9.10. The van der Waals surface area contributed by atoms with Gasteiger partial charge in [0.2, 0.25) is 0 Å². The first kappa shape index (κ1) is 15.8. The molecule has 2 atom stereocenters. The number of carbonyl (C=O) groups excluding carboxylic acids is 1. The van der Waals surface area contributed by atoms with Crippen LogP contribution in [0.1, 0.15) is 40.5 Å². The molecule has 0 saturated carbocycles. The molecule has 3 heteroatoms. The van der Waals surface area contributed by atoms with Crippen molar-refractivity contribution in [3.05, 3.63) is 23.9 Å². The SMILES string of the molecule is C/C=C/C(C)C(C)/C(=C/C(=O)OCC)N1CCCC1. The molecule has 0 bridgehead atoms. The van der Waals surface area contributed by atoms with Crippen LogP contribution >= 0.6 is 0 Å². The van der Waals surface area contributed by atoms with Crippen LogP contribution in [-0.4, -0.2) is 30.6 Å². The van der Waals surface area contributed by atoms with E-state index in [0.29, 0.717) is 18.4 Å². The predicted octanol–water partition coefficient (Wildman–Crippen LogP) is 3.38. The molecule has 3 nitrogen and oxygen atoms in total. The van der Waals surface area contributed by atoms with Gasteiger partial charge in [0.25, 0.3) is 0 Å². The minimum absolute atomic E-state index is 0.219. The molecule has 0 spiro atoms. The van der Waals surface area contributed by atoms with Crippen molar-refractivity contribution in [3.8, 4) is 0 Å². The Bertz CT molecular complexity index is 341. The van der Waals surface area contributed by atoms with Crippen LogP contribution in [-0.2, 0) is 9.53 Å². The molecule has 0 aromatic heterocycles. The Morgan fingerprint density at radius 2 is 1.95 bits per heavy atom. The Labute approximate surface area is 117 Å². The van der Waals surface area contributed by atoms with E-state index in [1.807, 2.05) is 13.8 Å². The Morgan fingerprint density at radius 1 is 1.32 bits per heavy atom. The zero-order valence-electron chi connectivity index (χ0n) is 12.7. The Balaban J connectivity index is 2.87. The van der Waals surface area contributed by atoms with Crippen LogP contribution < -0.4 is 0 Å². The molecule has 0 amide bonds. The Hall–Kier alpha value is -1.25. The van der Waals surface area contributed by atoms with E-state index in [-0.39, 0.29) is 5.97 Å². The Kier molecular flexibility index (Phi) is 6.68. The molecule has 2 unspecified atom stereocenters. The van der Waals surface area contributed by atoms with E-state index in [1.165, 1.54) is 12.8 Å². The van der Waals surface area contributed by atoms with Crippen LogP contribution in [0.4, 0.5) is 0 Å². The Morgan fingerprint density at radius 3 is 2.47 bits per heavy atom. The molecule has 0 N–H and O–H groups in total. The van der Waals surface area contributed by atoms with Crippen LogP contribution in [0.15, 0.2) is 23.9 Å². The fourth-order valence-corrected chi connectivity index (χ4v) is 2.53. The summed E-state index contributed by atoms with van der Waals surface area (Å²) >= 11 is 0. The number of hydrogen-bond donors (Lipinski definition) is 0. The lowest BCUT2D eigenvalue weighted by atomic mass is 9.91. The lowest BCUT2D eigenvalue weighted by Gasteiger charge is -2.29. The number of likely N-dealkylation sites (tertiary alicyclic amines) is 1. The van der Waals surface area contributed by atoms with E-state index in [0.717, 1.165) is 18.8 Å². The average Bonchev–Trinajstić information content (AvgIpc) is 2.89. The van der Waals surface area contributed by atoms with Crippen LogP contribution in [0.3, 0.4) is 0 Å². The van der Waals surface area contributed by atoms with Gasteiger partial charge < -0.3 is 9.64 Å². The number of esters is 1. The quantitative estimate of drug-likeness (QED) is 0.419. The van der Waals surface area contributed by atoms with E-state index >= 15 is 0 Å². The summed E-state index contributed by atoms with van der Waals surface area (Å²) < 4.78 is 5.06. The number of nitrogens with zero attached hydrogens (tertiary/aromatic N) is 1. The third-order valence-electron chi connectivity index (χ3n) is 3.77. The van der Waals surface area contributed by atoms with Crippen molar-refractivity contribution >= 4 is 5.97 Å². The number of allylic oxidation sites excluding steroid dienone is 3. The highest BCUT2D eigenvalue weighted by Gasteiger charge is 2.23. The summed E-state index contributed by atoms with van der Waals surface area (Å²) in [6.45, 7) is 10.8. The summed E-state index contributed by atoms with van der Waals surface area (Å²) in [5.74, 6) is 0.536. The van der Waals surface area contributed by atoms with Crippen molar-refractivity contribution in [2.45, 2.75) is 40.5 Å². The number of ether oxygens (including phenoxy) is 1. The maximum Gasteiger partial charge on any atom is 0.332 e. The maximum atomic E-state index is 11.8. The van der Waals surface area contributed by atoms with Crippen LogP contribution in [0.5, 0.6) is 0 Å². The molecule has 0 radical (unpaired) electrons. The van der Waals surface area contributed by atoms with E-state index in [1.54, 1.807) is 6.08 Å². The van der Waals surface area contributed by atoms with Gasteiger partial charge in [-0.2, -0.15) is 0 Å². The molecule has 1 fully saturated rings. The molecule has 1 aliphatic heterocycles. The van der Waals surface area contributed by atoms with Gasteiger partial charge in [-0.15, -0.1) is 0 Å². The fraction of sp³-hybridized carbons (Fsp3) is 0.688. The lowest BCUT2D eigenvalue weighted by molar-refractivity contribution is -0.137. The molecule has 0 aliphatic carbocycles. The summed E-state index contributed by atoms with van der Waals surface area (Å²) in [4.78, 5) is 14.1. The van der Waals surface area contributed by atoms with Crippen LogP contribution in [0, 0.1) is 11.8 Å². The van der Waals surface area contributed by atoms with Gasteiger partial charge in [0, 0.05) is 30.8 Å². The van der Waals surface area contributed by atoms with E-state index in [9.17, 15) is 4.79 Å². The van der Waals surface area contributed by atoms with Gasteiger partial charge >= 0.3 is 5.97 Å². The largest absolute Gasteiger partial charge is 0.463 e. The molecule has 1 saturated heterocycles. The van der Waals surface area contributed by atoms with Crippen molar-refractivity contribution in [1.82, 2.24) is 4.90 Å². The summed E-state index contributed by atoms with van der Waals surface area (Å²) in [6.07, 6.45) is 8.39. The molecular formula is C16H27NO2. The van der Waals surface area contributed by atoms with E-state index in [4.69, 9.17) is 4.74 Å². The highest BCUT2D eigenvalue weighted by Crippen LogP contribution is 2.27. The van der Waals surface area contributed by atoms with Crippen molar-refractivity contribution in [1.29, 1.82) is 0 Å². The van der Waals surface area contributed by atoms with Gasteiger partial charge in [0.05, 0.1) is 6.61 Å². The summed E-state index contributed by atoms with van der Waals surface area (Å²) in [6, 6.07) is 0. The van der Waals surface area contributed by atoms with Crippen LogP contribution in [0.2, 0.25) is 0 Å². The standard InChI is InChI=1S/C16H27NO2/c1-5-9-13(3)14(4)15(12-16(18)19-6-2)17-10-7-8-11-17/h5,9,12-14H,6-8,10-11H2,1-4H3/b9-5+,15-12-. The van der Waals surface area contributed by atoms with Gasteiger partial charge in [-0.3, -0.25) is 0 Å². The molecule has 0 aromatic rings. The monoisotopic (exact) mass is 265 g/mol. The zero-order valence-corrected chi connectivity index (χ0v) is 12.7. The molecule has 108 valence electrons. The van der Waals surface area contributed by atoms with Crippen molar-refractivity contribution < 1.29 is 9.53 Å². The van der Waals surface area contributed by atoms with E-state index in [2.05, 4.69) is 30.9 Å². The highest BCUT2D eigenvalue weighted by molar-refractivity contribution is 5.82. The lowest BCUT2D eigenvalue weighted by Crippen LogP contribution is -2.27. The summed E-state index contributed by atoms with van der Waals surface area (Å²) in [5.41, 5.74) is 1.13. The van der Waals surface area contributed by atoms with Gasteiger partial charge in [-0.1, -0.05) is 26.0 Å². The highest BCUT2D eigenvalue weighted by atomic mass is 16.5. The molecule has 1 heterocycles. The second-order valence-electron chi connectivity index (χ2n) is 5.19.